The number of hydrogen-bond acceptors (Lipinski definition) is 0. The zero-order chi connectivity index (χ0) is 54.0. The molecular weight excluding hydrogens is 691 g/mol. The highest BCUT2D eigenvalue weighted by atomic mass is 15.1. The van der Waals surface area contributed by atoms with E-state index in [2.05, 4.69) is 0 Å². The van der Waals surface area contributed by atoms with E-state index in [0.717, 1.165) is 11.1 Å². The summed E-state index contributed by atoms with van der Waals surface area (Å²) in [5, 5.41) is 0.0762. The van der Waals surface area contributed by atoms with E-state index in [4.69, 9.17) is 13.7 Å². The number of rotatable bonds is 5. The lowest BCUT2D eigenvalue weighted by atomic mass is 10.0. The van der Waals surface area contributed by atoms with Gasteiger partial charge in [0.15, 0.2) is 0 Å². The van der Waals surface area contributed by atoms with Crippen molar-refractivity contribution in [1.29, 1.82) is 0 Å². The summed E-state index contributed by atoms with van der Waals surface area (Å²) in [5.74, 6) is 0. The van der Waals surface area contributed by atoms with Crippen LogP contribution in [0.5, 0.6) is 0 Å². The summed E-state index contributed by atoms with van der Waals surface area (Å²) in [7, 11) is 0. The molecule has 0 saturated carbocycles. The van der Waals surface area contributed by atoms with Gasteiger partial charge in [0.05, 0.1) is 64.8 Å². The van der Waals surface area contributed by atoms with Crippen LogP contribution in [0, 0.1) is 0 Å². The first kappa shape index (κ1) is 18.3. The fourth-order valence-electron chi connectivity index (χ4n) is 7.98. The highest BCUT2D eigenvalue weighted by molar-refractivity contribution is 6.16. The molecule has 0 N–H and O–H groups in total. The Labute approximate surface area is 356 Å². The van der Waals surface area contributed by atoms with E-state index < -0.39 is 126 Å². The number of hydrogen-bond donors (Lipinski definition) is 0. The van der Waals surface area contributed by atoms with Gasteiger partial charge in [-0.05, 0) is 94.9 Å². The molecule has 3 aromatic heterocycles. The average molecular weight is 745 g/mol. The van der Waals surface area contributed by atoms with Crippen LogP contribution in [-0.2, 0) is 0 Å². The number of benzene rings is 9. The molecule has 0 amide bonds. The van der Waals surface area contributed by atoms with Gasteiger partial charge in [-0.1, -0.05) is 139 Å². The molecule has 3 heteroatoms. The van der Waals surface area contributed by atoms with Gasteiger partial charge in [-0.3, -0.25) is 0 Å². The quantitative estimate of drug-likeness (QED) is 0.167. The predicted molar refractivity (Wildman–Crippen MR) is 240 cm³/mol. The molecular formula is C54H35N3. The zero-order valence-electron chi connectivity index (χ0n) is 48.6. The second-order valence-corrected chi connectivity index (χ2v) is 13.5. The van der Waals surface area contributed by atoms with Crippen molar-refractivity contribution in [3.63, 3.8) is 0 Å². The summed E-state index contributed by atoms with van der Waals surface area (Å²) in [6.45, 7) is 0. The molecule has 0 saturated heterocycles. The van der Waals surface area contributed by atoms with Crippen LogP contribution in [0.25, 0.3) is 105 Å². The topological polar surface area (TPSA) is 14.8 Å². The monoisotopic (exact) mass is 744 g/mol. The molecule has 0 bridgehead atoms. The first-order valence-corrected chi connectivity index (χ1v) is 18.1. The third kappa shape index (κ3) is 4.79. The summed E-state index contributed by atoms with van der Waals surface area (Å²) in [6, 6.07) is 16.3. The Hall–Kier alpha value is -7.62. The van der Waals surface area contributed by atoms with Crippen molar-refractivity contribution in [1.82, 2.24) is 13.7 Å². The SMILES string of the molecule is [2H]c1c([2H])c([2H])c(-n2c3ccccc3c3cccc(-n4c5c([2H])c([2H])c([2H])c([2H])c5c5c([2H])c(-c6c([2H])c([2H])c7c(c6[2H])c6c([2H])c([2H])c([2H])c([2H])c6n7-c6ccc(-c7ccccc7)cc6)c([2H])c([2H])c54)c32)c([2H])c1[2H]. The second kappa shape index (κ2) is 12.5. The number of fused-ring (bicyclic) bond motifs is 9. The molecule has 3 nitrogen and oxygen atoms in total. The van der Waals surface area contributed by atoms with E-state index in [-0.39, 0.29) is 60.5 Å². The van der Waals surface area contributed by atoms with Crippen LogP contribution in [0.3, 0.4) is 0 Å². The van der Waals surface area contributed by atoms with Crippen LogP contribution in [-0.4, -0.2) is 13.7 Å². The Bertz CT molecular complexity index is 4590. The van der Waals surface area contributed by atoms with Crippen molar-refractivity contribution >= 4 is 65.4 Å². The van der Waals surface area contributed by atoms with E-state index in [1.807, 2.05) is 30.3 Å². The molecule has 3 heterocycles. The highest BCUT2D eigenvalue weighted by Crippen LogP contribution is 2.41. The Morgan fingerprint density at radius 2 is 0.860 bits per heavy atom. The van der Waals surface area contributed by atoms with Crippen molar-refractivity contribution in [3.8, 4) is 39.3 Å². The Morgan fingerprint density at radius 1 is 0.298 bits per heavy atom. The van der Waals surface area contributed by atoms with Gasteiger partial charge in [-0.25, -0.2) is 0 Å². The van der Waals surface area contributed by atoms with E-state index >= 15 is 0 Å². The Morgan fingerprint density at radius 3 is 1.58 bits per heavy atom. The maximum atomic E-state index is 10.1. The van der Waals surface area contributed by atoms with Crippen LogP contribution in [0.4, 0.5) is 0 Å². The molecule has 9 aromatic carbocycles. The van der Waals surface area contributed by atoms with Gasteiger partial charge in [0.2, 0.25) is 0 Å². The van der Waals surface area contributed by atoms with E-state index in [1.54, 1.807) is 66.7 Å². The summed E-state index contributed by atoms with van der Waals surface area (Å²) in [6.07, 6.45) is 0. The lowest BCUT2D eigenvalue weighted by Crippen LogP contribution is -2.00. The highest BCUT2D eigenvalue weighted by Gasteiger charge is 2.20. The minimum atomic E-state index is -0.752. The van der Waals surface area contributed by atoms with Gasteiger partial charge in [0.1, 0.15) is 0 Å². The van der Waals surface area contributed by atoms with E-state index in [1.165, 1.54) is 13.7 Å². The molecule has 57 heavy (non-hydrogen) atoms. The fraction of sp³-hybridized carbons (Fsp3) is 0. The number of aromatic nitrogens is 3. The van der Waals surface area contributed by atoms with Crippen LogP contribution >= 0.6 is 0 Å². The fourth-order valence-corrected chi connectivity index (χ4v) is 7.98. The molecule has 0 spiro atoms. The van der Waals surface area contributed by atoms with Crippen LogP contribution < -0.4 is 0 Å². The maximum Gasteiger partial charge on any atom is 0.0782 e. The number of nitrogens with zero attached hydrogens (tertiary/aromatic N) is 3. The summed E-state index contributed by atoms with van der Waals surface area (Å²) in [4.78, 5) is 0. The van der Waals surface area contributed by atoms with Crippen molar-refractivity contribution < 1.29 is 26.0 Å². The molecule has 266 valence electrons. The first-order valence-electron chi connectivity index (χ1n) is 27.6. The van der Waals surface area contributed by atoms with Gasteiger partial charge in [-0.15, -0.1) is 0 Å². The number of para-hydroxylation sites is 5. The van der Waals surface area contributed by atoms with Gasteiger partial charge in [0, 0.05) is 43.7 Å². The second-order valence-electron chi connectivity index (χ2n) is 13.5. The van der Waals surface area contributed by atoms with Crippen molar-refractivity contribution in [3.05, 3.63) is 212 Å². The third-order valence-electron chi connectivity index (χ3n) is 10.4. The molecule has 12 aromatic rings. The van der Waals surface area contributed by atoms with Gasteiger partial charge in [0.25, 0.3) is 0 Å². The third-order valence-corrected chi connectivity index (χ3v) is 10.4. The Kier molecular flexibility index (Phi) is 4.01. The largest absolute Gasteiger partial charge is 0.309 e. The van der Waals surface area contributed by atoms with Gasteiger partial charge in [-0.2, -0.15) is 0 Å². The summed E-state index contributed by atoms with van der Waals surface area (Å²) < 4.78 is 179. The smallest absolute Gasteiger partial charge is 0.0782 e. The van der Waals surface area contributed by atoms with Gasteiger partial charge < -0.3 is 13.7 Å². The summed E-state index contributed by atoms with van der Waals surface area (Å²) in [5.41, 5.74) is 0.627. The molecule has 12 rings (SSSR count). The first-order chi connectivity index (χ1) is 36.2. The lowest BCUT2D eigenvalue weighted by Gasteiger charge is -2.14. The Balaban J connectivity index is 1.23. The molecule has 0 aliphatic heterocycles. The molecule has 0 unspecified atom stereocenters. The van der Waals surface area contributed by atoms with E-state index in [9.17, 15) is 12.3 Å². The van der Waals surface area contributed by atoms with Crippen molar-refractivity contribution in [2.75, 3.05) is 0 Å². The zero-order valence-corrected chi connectivity index (χ0v) is 29.6. The predicted octanol–water partition coefficient (Wildman–Crippen LogP) is 14.3. The van der Waals surface area contributed by atoms with Crippen LogP contribution in [0.1, 0.15) is 26.0 Å². The maximum absolute atomic E-state index is 10.1. The molecule has 0 atom stereocenters. The summed E-state index contributed by atoms with van der Waals surface area (Å²) >= 11 is 0. The van der Waals surface area contributed by atoms with Gasteiger partial charge >= 0.3 is 0 Å². The van der Waals surface area contributed by atoms with Crippen molar-refractivity contribution in [2.45, 2.75) is 0 Å². The van der Waals surface area contributed by atoms with E-state index in [0.29, 0.717) is 22.0 Å². The van der Waals surface area contributed by atoms with Crippen LogP contribution in [0.2, 0.25) is 0 Å². The normalized spacial score (nSPS) is 16.5. The lowest BCUT2D eigenvalue weighted by molar-refractivity contribution is 1.13. The minimum Gasteiger partial charge on any atom is -0.309 e. The molecule has 0 aliphatic rings. The molecule has 0 radical (unpaired) electrons. The average Bonchev–Trinajstić information content (AvgIpc) is 4.10. The van der Waals surface area contributed by atoms with Crippen molar-refractivity contribution in [2.24, 2.45) is 0 Å². The standard InChI is InChI=1S/C54H35N3/c1-3-14-36(15-4-1)37-26-30-41(31-27-37)55-48-22-10-8-19-43(48)46-34-38(28-32-51(46)55)39-29-33-52-47(35-39)44-20-9-12-24-50(44)57(52)53-25-13-21-45-42-18-7-11-23-49(42)56(54(45)53)40-16-5-2-6-17-40/h1-35H/i2D,5D,6D,8D,9D,10D,12D,16D,17D,19D,20D,22D,24D,28D,29D,32D,33D,34D,35D. The minimum absolute atomic E-state index is 0.0709. The molecule has 0 aliphatic carbocycles. The van der Waals surface area contributed by atoms with Crippen LogP contribution in [0.15, 0.2) is 212 Å². The molecule has 0 fully saturated rings.